The quantitative estimate of drug-likeness (QED) is 0.460. The third-order valence-corrected chi connectivity index (χ3v) is 4.34. The summed E-state index contributed by atoms with van der Waals surface area (Å²) < 4.78 is 10.4. The Morgan fingerprint density at radius 1 is 0.900 bits per heavy atom. The Balaban J connectivity index is 1.53. The molecule has 0 aliphatic heterocycles. The number of rotatable bonds is 6. The van der Waals surface area contributed by atoms with Crippen LogP contribution in [-0.4, -0.2) is 24.1 Å². The van der Waals surface area contributed by atoms with Crippen molar-refractivity contribution in [1.29, 1.82) is 0 Å². The van der Waals surface area contributed by atoms with E-state index in [0.29, 0.717) is 17.9 Å². The summed E-state index contributed by atoms with van der Waals surface area (Å²) in [7, 11) is 1.28. The topological polar surface area (TPSA) is 76.7 Å². The molecule has 3 rings (SSSR count). The van der Waals surface area contributed by atoms with Crippen molar-refractivity contribution in [1.82, 2.24) is 5.32 Å². The van der Waals surface area contributed by atoms with Gasteiger partial charge in [0.05, 0.1) is 12.7 Å². The lowest BCUT2D eigenvalue weighted by Crippen LogP contribution is -2.34. The average Bonchev–Trinajstić information content (AvgIpc) is 2.78. The zero-order valence-corrected chi connectivity index (χ0v) is 17.1. The van der Waals surface area contributed by atoms with Crippen LogP contribution in [-0.2, 0) is 11.3 Å². The number of hydrogen-bond donors (Lipinski definition) is 2. The first-order valence-corrected chi connectivity index (χ1v) is 9.53. The molecule has 0 bridgehead atoms. The first-order chi connectivity index (χ1) is 14.5. The molecular weight excluding hydrogens is 400 g/mol. The first-order valence-electron chi connectivity index (χ1n) is 9.12. The summed E-state index contributed by atoms with van der Waals surface area (Å²) in [6.45, 7) is 0.479. The highest BCUT2D eigenvalue weighted by molar-refractivity contribution is 7.80. The highest BCUT2D eigenvalue weighted by Crippen LogP contribution is 2.17. The van der Waals surface area contributed by atoms with Crippen molar-refractivity contribution < 1.29 is 19.1 Å². The lowest BCUT2D eigenvalue weighted by atomic mass is 10.1. The molecule has 0 spiro atoms. The molecule has 0 heterocycles. The Hall–Kier alpha value is -3.71. The maximum atomic E-state index is 12.4. The van der Waals surface area contributed by atoms with Crippen LogP contribution in [0.5, 0.6) is 5.75 Å². The highest BCUT2D eigenvalue weighted by Gasteiger charge is 2.12. The Kier molecular flexibility index (Phi) is 7.13. The van der Waals surface area contributed by atoms with Gasteiger partial charge in [-0.25, -0.2) is 4.79 Å². The molecular formula is C23H20N2O4S. The molecule has 1 amide bonds. The van der Waals surface area contributed by atoms with Crippen molar-refractivity contribution in [2.45, 2.75) is 6.61 Å². The van der Waals surface area contributed by atoms with Crippen LogP contribution in [0.4, 0.5) is 5.69 Å². The van der Waals surface area contributed by atoms with Crippen molar-refractivity contribution in [3.63, 3.8) is 0 Å². The molecule has 0 aliphatic carbocycles. The fourth-order valence-electron chi connectivity index (χ4n) is 2.62. The molecule has 0 atom stereocenters. The number of benzene rings is 3. The number of thiocarbonyl (C=S) groups is 1. The minimum atomic E-state index is -0.514. The molecule has 0 aromatic heterocycles. The molecule has 7 heteroatoms. The van der Waals surface area contributed by atoms with Gasteiger partial charge < -0.3 is 14.8 Å². The Morgan fingerprint density at radius 2 is 1.60 bits per heavy atom. The number of esters is 1. The van der Waals surface area contributed by atoms with Gasteiger partial charge in [0.2, 0.25) is 0 Å². The zero-order valence-electron chi connectivity index (χ0n) is 16.3. The summed E-state index contributed by atoms with van der Waals surface area (Å²) in [4.78, 5) is 24.0. The lowest BCUT2D eigenvalue weighted by Gasteiger charge is -2.11. The van der Waals surface area contributed by atoms with Crippen molar-refractivity contribution in [2.24, 2.45) is 0 Å². The molecule has 0 fully saturated rings. The molecule has 30 heavy (non-hydrogen) atoms. The van der Waals surface area contributed by atoms with Crippen LogP contribution in [0.25, 0.3) is 0 Å². The van der Waals surface area contributed by atoms with E-state index in [2.05, 4.69) is 15.4 Å². The first kappa shape index (κ1) is 21.0. The van der Waals surface area contributed by atoms with Crippen LogP contribution in [0.2, 0.25) is 0 Å². The number of ether oxygens (including phenoxy) is 2. The molecule has 0 unspecified atom stereocenters. The third-order valence-electron chi connectivity index (χ3n) is 4.13. The molecule has 3 aromatic rings. The molecule has 0 radical (unpaired) electrons. The van der Waals surface area contributed by atoms with Crippen LogP contribution in [0.1, 0.15) is 26.3 Å². The summed E-state index contributed by atoms with van der Waals surface area (Å²) in [5.41, 5.74) is 2.37. The summed E-state index contributed by atoms with van der Waals surface area (Å²) >= 11 is 5.20. The molecule has 0 saturated carbocycles. The minimum absolute atomic E-state index is 0.140. The van der Waals surface area contributed by atoms with E-state index in [0.717, 1.165) is 11.3 Å². The van der Waals surface area contributed by atoms with Crippen LogP contribution < -0.4 is 15.4 Å². The molecule has 3 aromatic carbocycles. The van der Waals surface area contributed by atoms with E-state index in [4.69, 9.17) is 17.0 Å². The SMILES string of the molecule is COC(=O)c1cccc(C(=O)NC(=S)Nc2ccc(OCc3ccccc3)cc2)c1. The zero-order chi connectivity index (χ0) is 21.3. The van der Waals surface area contributed by atoms with Crippen LogP contribution >= 0.6 is 12.2 Å². The predicted octanol–water partition coefficient (Wildman–Crippen LogP) is 4.18. The highest BCUT2D eigenvalue weighted by atomic mass is 32.1. The van der Waals surface area contributed by atoms with Crippen molar-refractivity contribution in [2.75, 3.05) is 12.4 Å². The van der Waals surface area contributed by atoms with Gasteiger partial charge in [-0.05, 0) is 60.2 Å². The van der Waals surface area contributed by atoms with Crippen LogP contribution in [0.15, 0.2) is 78.9 Å². The molecule has 0 aliphatic rings. The third kappa shape index (κ3) is 5.89. The number of nitrogens with one attached hydrogen (secondary N) is 2. The molecule has 2 N–H and O–H groups in total. The number of hydrogen-bond acceptors (Lipinski definition) is 5. The van der Waals surface area contributed by atoms with E-state index in [9.17, 15) is 9.59 Å². The van der Waals surface area contributed by atoms with E-state index in [-0.39, 0.29) is 10.7 Å². The Bertz CT molecular complexity index is 1040. The molecule has 152 valence electrons. The number of anilines is 1. The van der Waals surface area contributed by atoms with Gasteiger partial charge in [0, 0.05) is 11.3 Å². The number of carbonyl (C=O) groups is 2. The summed E-state index contributed by atoms with van der Waals surface area (Å²) in [5, 5.41) is 5.67. The second-order valence-corrected chi connectivity index (χ2v) is 6.69. The predicted molar refractivity (Wildman–Crippen MR) is 119 cm³/mol. The normalized spacial score (nSPS) is 10.0. The number of amides is 1. The Labute approximate surface area is 179 Å². The second-order valence-electron chi connectivity index (χ2n) is 6.28. The molecule has 0 saturated heterocycles. The summed E-state index contributed by atoms with van der Waals surface area (Å²) in [5.74, 6) is -0.222. The standard InChI is InChI=1S/C23H20N2O4S/c1-28-22(27)18-9-5-8-17(14-18)21(26)25-23(30)24-19-10-12-20(13-11-19)29-15-16-6-3-2-4-7-16/h2-14H,15H2,1H3,(H2,24,25,26,30). The van der Waals surface area contributed by atoms with E-state index in [1.54, 1.807) is 30.3 Å². The Morgan fingerprint density at radius 3 is 2.30 bits per heavy atom. The fraction of sp³-hybridized carbons (Fsp3) is 0.0870. The van der Waals surface area contributed by atoms with Gasteiger partial charge in [0.1, 0.15) is 12.4 Å². The van der Waals surface area contributed by atoms with Gasteiger partial charge >= 0.3 is 5.97 Å². The van der Waals surface area contributed by atoms with E-state index in [1.807, 2.05) is 42.5 Å². The van der Waals surface area contributed by atoms with E-state index in [1.165, 1.54) is 13.2 Å². The van der Waals surface area contributed by atoms with E-state index >= 15 is 0 Å². The lowest BCUT2D eigenvalue weighted by molar-refractivity contribution is 0.0600. The summed E-state index contributed by atoms with van der Waals surface area (Å²) in [6, 6.07) is 23.3. The smallest absolute Gasteiger partial charge is 0.337 e. The van der Waals surface area contributed by atoms with Gasteiger partial charge in [-0.1, -0.05) is 36.4 Å². The average molecular weight is 420 g/mol. The maximum Gasteiger partial charge on any atom is 0.337 e. The van der Waals surface area contributed by atoms with Crippen LogP contribution in [0.3, 0.4) is 0 Å². The van der Waals surface area contributed by atoms with Gasteiger partial charge in [0.15, 0.2) is 5.11 Å². The number of methoxy groups -OCH3 is 1. The monoisotopic (exact) mass is 420 g/mol. The van der Waals surface area contributed by atoms with Gasteiger partial charge in [-0.2, -0.15) is 0 Å². The van der Waals surface area contributed by atoms with Gasteiger partial charge in [-0.15, -0.1) is 0 Å². The van der Waals surface area contributed by atoms with Gasteiger partial charge in [-0.3, -0.25) is 10.1 Å². The second kappa shape index (κ2) is 10.2. The molecule has 6 nitrogen and oxygen atoms in total. The van der Waals surface area contributed by atoms with E-state index < -0.39 is 11.9 Å². The minimum Gasteiger partial charge on any atom is -0.489 e. The van der Waals surface area contributed by atoms with Crippen LogP contribution in [0, 0.1) is 0 Å². The largest absolute Gasteiger partial charge is 0.489 e. The fourth-order valence-corrected chi connectivity index (χ4v) is 2.83. The number of carbonyl (C=O) groups excluding carboxylic acids is 2. The van der Waals surface area contributed by atoms with Crippen molar-refractivity contribution in [3.05, 3.63) is 95.6 Å². The van der Waals surface area contributed by atoms with Crippen molar-refractivity contribution in [3.8, 4) is 5.75 Å². The van der Waals surface area contributed by atoms with Gasteiger partial charge in [0.25, 0.3) is 5.91 Å². The van der Waals surface area contributed by atoms with Crippen molar-refractivity contribution >= 4 is 34.9 Å². The maximum absolute atomic E-state index is 12.4. The summed E-state index contributed by atoms with van der Waals surface area (Å²) in [6.07, 6.45) is 0.